The number of nitrogens with one attached hydrogen (secondary N) is 2. The number of phosphoric acid groups is 2. The summed E-state index contributed by atoms with van der Waals surface area (Å²) < 4.78 is 59.2. The van der Waals surface area contributed by atoms with Crippen molar-refractivity contribution in [2.75, 3.05) is 46.2 Å². The van der Waals surface area contributed by atoms with Gasteiger partial charge in [0, 0.05) is 31.9 Å². The number of amides is 2. The molecule has 0 aromatic carbocycles. The van der Waals surface area contributed by atoms with Gasteiger partial charge in [-0.05, 0) is 6.42 Å². The number of phosphoric ester groups is 2. The maximum absolute atomic E-state index is 12.6. The number of rotatable bonds is 19. The number of aliphatic hydroxyl groups is 6. The molecule has 24 heteroatoms. The summed E-state index contributed by atoms with van der Waals surface area (Å²) in [5.41, 5.74) is 0. The Bertz CT molecular complexity index is 1230. The van der Waals surface area contributed by atoms with Crippen LogP contribution in [-0.4, -0.2) is 149 Å². The number of hydrogen-bond donors (Lipinski definition) is 8. The van der Waals surface area contributed by atoms with E-state index in [0.717, 1.165) is 11.0 Å². The third-order valence-electron chi connectivity index (χ3n) is 6.91. The summed E-state index contributed by atoms with van der Waals surface area (Å²) in [4.78, 5) is 50.1. The Kier molecular flexibility index (Phi) is 15.5. The predicted molar refractivity (Wildman–Crippen MR) is 150 cm³/mol. The highest BCUT2D eigenvalue weighted by Crippen LogP contribution is 2.57. The second-order valence-electron chi connectivity index (χ2n) is 10.4. The highest BCUT2D eigenvalue weighted by molar-refractivity contribution is 7.59. The monoisotopic (exact) mass is 735 g/mol. The summed E-state index contributed by atoms with van der Waals surface area (Å²) >= 11 is 0. The molecule has 22 nitrogen and oxygen atoms in total. The Hall–Kier alpha value is -1.92. The van der Waals surface area contributed by atoms with E-state index in [0.29, 0.717) is 13.0 Å². The lowest BCUT2D eigenvalue weighted by Crippen LogP contribution is -2.64. The van der Waals surface area contributed by atoms with Crippen molar-refractivity contribution in [1.82, 2.24) is 15.5 Å². The summed E-state index contributed by atoms with van der Waals surface area (Å²) in [5, 5.41) is 64.2. The average Bonchev–Trinajstić information content (AvgIpc) is 3.29. The van der Waals surface area contributed by atoms with E-state index in [9.17, 15) is 54.0 Å². The molecule has 11 atom stereocenters. The van der Waals surface area contributed by atoms with Crippen molar-refractivity contribution in [1.29, 1.82) is 0 Å². The standard InChI is InChI=1S/C24H41N3O19P2/c1-13-25-16(30)3-5-27(13)23-22(35)20(33)15(43-23)12-42-47(36,37)46-48(38,39)45-24-18(21(34)19(32)14(11-29)44-24)26-17(31)4-8-41-10-9-40-7-2-6-28/h3,5,14-15,18-24,28-29,32-35H,1-2,4,6-12H2,(H,25,30)(H,26,31)(H,36,37)(H,38,39)/p-2/t14?,15?,18?,19-,20?,21+,22?,23?,24-/m0/s1. The maximum Gasteiger partial charge on any atom is 0.276 e. The van der Waals surface area contributed by atoms with Crippen LogP contribution < -0.4 is 20.4 Å². The normalized spacial score (nSPS) is 33.2. The molecule has 0 aromatic heterocycles. The van der Waals surface area contributed by atoms with Crippen molar-refractivity contribution in [3.8, 4) is 0 Å². The molecule has 48 heavy (non-hydrogen) atoms. The number of ether oxygens (including phenoxy) is 4. The van der Waals surface area contributed by atoms with Gasteiger partial charge in [0.1, 0.15) is 48.5 Å². The summed E-state index contributed by atoms with van der Waals surface area (Å²) in [6, 6.07) is -1.83. The Morgan fingerprint density at radius 1 is 0.979 bits per heavy atom. The predicted octanol–water partition coefficient (Wildman–Crippen LogP) is -5.43. The van der Waals surface area contributed by atoms with Crippen molar-refractivity contribution < 1.29 is 91.5 Å². The molecule has 0 bridgehead atoms. The van der Waals surface area contributed by atoms with E-state index in [2.05, 4.69) is 30.6 Å². The van der Waals surface area contributed by atoms with Crippen LogP contribution >= 0.6 is 15.6 Å². The Labute approximate surface area is 273 Å². The second kappa shape index (κ2) is 18.4. The molecule has 3 aliphatic rings. The molecule has 0 saturated carbocycles. The number of hydrogen-bond acceptors (Lipinski definition) is 20. The van der Waals surface area contributed by atoms with E-state index in [1.807, 2.05) is 0 Å². The molecule has 8 unspecified atom stereocenters. The molecule has 2 saturated heterocycles. The first kappa shape index (κ1) is 40.5. The third-order valence-corrected chi connectivity index (χ3v) is 9.44. The molecule has 0 spiro atoms. The van der Waals surface area contributed by atoms with Crippen LogP contribution in [0.2, 0.25) is 0 Å². The van der Waals surface area contributed by atoms with Gasteiger partial charge < -0.3 is 79.4 Å². The first-order valence-electron chi connectivity index (χ1n) is 14.4. The Morgan fingerprint density at radius 3 is 2.29 bits per heavy atom. The minimum Gasteiger partial charge on any atom is -0.756 e. The van der Waals surface area contributed by atoms with Gasteiger partial charge in [-0.15, -0.1) is 0 Å². The zero-order valence-electron chi connectivity index (χ0n) is 25.3. The first-order chi connectivity index (χ1) is 22.6. The van der Waals surface area contributed by atoms with Gasteiger partial charge >= 0.3 is 0 Å². The van der Waals surface area contributed by atoms with Gasteiger partial charge in [-0.25, -0.2) is 4.31 Å². The highest BCUT2D eigenvalue weighted by atomic mass is 31.3. The smallest absolute Gasteiger partial charge is 0.276 e. The van der Waals surface area contributed by atoms with Crippen LogP contribution in [-0.2, 0) is 51.0 Å². The molecule has 8 N–H and O–H groups in total. The van der Waals surface area contributed by atoms with E-state index in [1.165, 1.54) is 6.20 Å². The zero-order valence-corrected chi connectivity index (χ0v) is 27.0. The minimum absolute atomic E-state index is 0.0345. The molecule has 3 aliphatic heterocycles. The van der Waals surface area contributed by atoms with Crippen molar-refractivity contribution >= 4 is 27.5 Å². The largest absolute Gasteiger partial charge is 0.756 e. The second-order valence-corrected chi connectivity index (χ2v) is 13.3. The number of carbonyl (C=O) groups excluding carboxylic acids is 2. The van der Waals surface area contributed by atoms with Crippen LogP contribution in [0.3, 0.4) is 0 Å². The molecule has 0 radical (unpaired) electrons. The Morgan fingerprint density at radius 2 is 1.65 bits per heavy atom. The molecular weight excluding hydrogens is 696 g/mol. The van der Waals surface area contributed by atoms with Gasteiger partial charge in [0.15, 0.2) is 12.5 Å². The quantitative estimate of drug-likeness (QED) is 0.0453. The van der Waals surface area contributed by atoms with Crippen LogP contribution in [0, 0.1) is 0 Å². The van der Waals surface area contributed by atoms with Crippen LogP contribution in [0.1, 0.15) is 12.8 Å². The van der Waals surface area contributed by atoms with Crippen LogP contribution in [0.15, 0.2) is 24.7 Å². The fourth-order valence-electron chi connectivity index (χ4n) is 4.52. The molecule has 2 fully saturated rings. The first-order valence-corrected chi connectivity index (χ1v) is 17.3. The van der Waals surface area contributed by atoms with Gasteiger partial charge in [-0.2, -0.15) is 0 Å². The minimum atomic E-state index is -6.00. The van der Waals surface area contributed by atoms with Gasteiger partial charge in [0.25, 0.3) is 21.6 Å². The van der Waals surface area contributed by atoms with Crippen LogP contribution in [0.4, 0.5) is 0 Å². The lowest BCUT2D eigenvalue weighted by atomic mass is 9.97. The lowest BCUT2D eigenvalue weighted by molar-refractivity contribution is -0.285. The van der Waals surface area contributed by atoms with Crippen molar-refractivity contribution in [3.63, 3.8) is 0 Å². The molecule has 0 aliphatic carbocycles. The van der Waals surface area contributed by atoms with E-state index in [-0.39, 0.29) is 38.7 Å². The summed E-state index contributed by atoms with van der Waals surface area (Å²) in [6.07, 6.45) is -11.7. The van der Waals surface area contributed by atoms with Gasteiger partial charge in [-0.1, -0.05) is 6.58 Å². The number of nitrogens with zero attached hydrogens (tertiary/aromatic N) is 1. The Balaban J connectivity index is 1.56. The van der Waals surface area contributed by atoms with Crippen molar-refractivity contribution in [2.24, 2.45) is 0 Å². The maximum atomic E-state index is 12.6. The topological polar surface area (TPSA) is 328 Å². The molecular formula is C24H39N3O19P2-2. The van der Waals surface area contributed by atoms with E-state index in [4.69, 9.17) is 24.1 Å². The third kappa shape index (κ3) is 11.6. The van der Waals surface area contributed by atoms with E-state index >= 15 is 0 Å². The van der Waals surface area contributed by atoms with E-state index < -0.39 is 95.9 Å². The fourth-order valence-corrected chi connectivity index (χ4v) is 6.60. The molecule has 2 amide bonds. The van der Waals surface area contributed by atoms with Crippen LogP contribution in [0.25, 0.3) is 0 Å². The van der Waals surface area contributed by atoms with Gasteiger partial charge in [0.2, 0.25) is 5.91 Å². The fraction of sp³-hybridized carbons (Fsp3) is 0.750. The zero-order chi connectivity index (χ0) is 35.6. The highest BCUT2D eigenvalue weighted by Gasteiger charge is 2.48. The van der Waals surface area contributed by atoms with Crippen molar-refractivity contribution in [2.45, 2.75) is 68.0 Å². The molecule has 3 heterocycles. The number of aliphatic hydroxyl groups excluding tert-OH is 6. The SMILES string of the molecule is C=C1NC(=O)C=CN1C1OC(COP(=O)([O-])OP(=O)([O-])O[C@@H]2OC(CO)[C@H](O)[C@H](O)C2NC(=O)CCOCCOCCCO)C(O)C1O. The van der Waals surface area contributed by atoms with Crippen LogP contribution in [0.5, 0.6) is 0 Å². The number of carbonyl (C=O) groups is 2. The van der Waals surface area contributed by atoms with Gasteiger partial charge in [-0.3, -0.25) is 23.2 Å². The summed E-state index contributed by atoms with van der Waals surface area (Å²) in [6.45, 7) is 1.94. The van der Waals surface area contributed by atoms with Gasteiger partial charge in [0.05, 0.1) is 33.0 Å². The summed E-state index contributed by atoms with van der Waals surface area (Å²) in [5.74, 6) is -1.40. The molecule has 276 valence electrons. The molecule has 3 rings (SSSR count). The molecule has 0 aromatic rings. The average molecular weight is 736 g/mol. The lowest BCUT2D eigenvalue weighted by Gasteiger charge is -2.44. The summed E-state index contributed by atoms with van der Waals surface area (Å²) in [7, 11) is -11.9. The van der Waals surface area contributed by atoms with Crippen molar-refractivity contribution in [3.05, 3.63) is 24.7 Å². The van der Waals surface area contributed by atoms with E-state index in [1.54, 1.807) is 0 Å².